The van der Waals surface area contributed by atoms with Crippen LogP contribution in [0.15, 0.2) is 158 Å². The van der Waals surface area contributed by atoms with E-state index in [1.165, 1.54) is 47.9 Å². The number of benzene rings is 6. The molecule has 4 heterocycles. The van der Waals surface area contributed by atoms with Crippen molar-refractivity contribution < 1.29 is 4.74 Å². The second kappa shape index (κ2) is 10.3. The van der Waals surface area contributed by atoms with Crippen LogP contribution in [-0.2, 0) is 0 Å². The molecule has 0 N–H and O–H groups in total. The van der Waals surface area contributed by atoms with Crippen molar-refractivity contribution in [2.24, 2.45) is 0 Å². The Kier molecular flexibility index (Phi) is 5.80. The summed E-state index contributed by atoms with van der Waals surface area (Å²) in [6.07, 6.45) is 3.69. The zero-order valence-corrected chi connectivity index (χ0v) is 26.1. The van der Waals surface area contributed by atoms with Crippen LogP contribution < -0.4 is 30.9 Å². The summed E-state index contributed by atoms with van der Waals surface area (Å²) in [5, 5.41) is 2.46. The fourth-order valence-electron chi connectivity index (χ4n) is 7.40. The number of nitrogens with zero attached hydrogens (tertiary/aromatic N) is 3. The molecule has 0 bridgehead atoms. The van der Waals surface area contributed by atoms with Gasteiger partial charge < -0.3 is 14.5 Å². The lowest BCUT2D eigenvalue weighted by molar-refractivity contribution is 0.488. The van der Waals surface area contributed by atoms with E-state index in [4.69, 9.17) is 4.74 Å². The van der Waals surface area contributed by atoms with Gasteiger partial charge in [-0.05, 0) is 95.3 Å². The van der Waals surface area contributed by atoms with Gasteiger partial charge in [-0.15, -0.1) is 11.3 Å². The van der Waals surface area contributed by atoms with Crippen LogP contribution in [0.4, 0.5) is 34.1 Å². The number of thiophene rings is 1. The van der Waals surface area contributed by atoms with Gasteiger partial charge in [0.05, 0.1) is 0 Å². The highest BCUT2D eigenvalue weighted by Crippen LogP contribution is 2.44. The summed E-state index contributed by atoms with van der Waals surface area (Å²) in [5.41, 5.74) is 10.5. The molecule has 0 spiro atoms. The van der Waals surface area contributed by atoms with Gasteiger partial charge in [-0.25, -0.2) is 0 Å². The third kappa shape index (κ3) is 4.05. The lowest BCUT2D eigenvalue weighted by Gasteiger charge is -2.39. The monoisotopic (exact) mass is 619 g/mol. The molecule has 0 radical (unpaired) electrons. The summed E-state index contributed by atoms with van der Waals surface area (Å²) >= 11 is 1.85. The molecule has 220 valence electrons. The van der Waals surface area contributed by atoms with Gasteiger partial charge in [0.25, 0.3) is 6.71 Å². The van der Waals surface area contributed by atoms with Crippen LogP contribution >= 0.6 is 11.3 Å². The van der Waals surface area contributed by atoms with E-state index in [1.54, 1.807) is 0 Å². The number of para-hydroxylation sites is 3. The first-order valence-corrected chi connectivity index (χ1v) is 16.6. The largest absolute Gasteiger partial charge is 0.458 e. The molecule has 6 aromatic carbocycles. The molecule has 2 aliphatic heterocycles. The molecular formula is C41H26BN3OS. The van der Waals surface area contributed by atoms with Crippen molar-refractivity contribution in [3.8, 4) is 11.5 Å². The Morgan fingerprint density at radius 2 is 1.28 bits per heavy atom. The predicted octanol–water partition coefficient (Wildman–Crippen LogP) is 9.32. The number of anilines is 6. The number of aromatic nitrogens is 1. The Hall–Kier alpha value is -5.85. The van der Waals surface area contributed by atoms with E-state index < -0.39 is 0 Å². The fraction of sp³-hybridized carbons (Fsp3) is 0. The summed E-state index contributed by atoms with van der Waals surface area (Å²) in [6.45, 7) is 0.0755. The summed E-state index contributed by atoms with van der Waals surface area (Å²) < 4.78 is 9.30. The van der Waals surface area contributed by atoms with Gasteiger partial charge in [0, 0.05) is 66.7 Å². The summed E-state index contributed by atoms with van der Waals surface area (Å²) in [4.78, 5) is 8.93. The topological polar surface area (TPSA) is 28.6 Å². The quantitative estimate of drug-likeness (QED) is 0.184. The standard InChI is InChI=1S/C41H26BN3OS/c1-3-10-27(11-4-1)44(29-20-22-43-23-21-29)30-18-19-31-32-25-38-34(26-40(32)47-39(31)24-30)42-33-14-7-8-15-35(33)45(28-12-5-2-6-13-28)36-16-9-17-37(46-38)41(36)42/h1-26H. The maximum atomic E-state index is 6.79. The van der Waals surface area contributed by atoms with Crippen LogP contribution in [0.5, 0.6) is 11.5 Å². The first-order chi connectivity index (χ1) is 23.3. The number of fused-ring (bicyclic) bond motifs is 7. The van der Waals surface area contributed by atoms with Crippen LogP contribution in [0, 0.1) is 0 Å². The van der Waals surface area contributed by atoms with Gasteiger partial charge in [-0.1, -0.05) is 66.7 Å². The minimum Gasteiger partial charge on any atom is -0.458 e. The maximum absolute atomic E-state index is 6.79. The normalized spacial score (nSPS) is 12.8. The van der Waals surface area contributed by atoms with Gasteiger partial charge in [0.2, 0.25) is 0 Å². The Morgan fingerprint density at radius 1 is 0.553 bits per heavy atom. The van der Waals surface area contributed by atoms with Gasteiger partial charge in [0.1, 0.15) is 11.5 Å². The third-order valence-electron chi connectivity index (χ3n) is 9.39. The molecule has 0 saturated carbocycles. The van der Waals surface area contributed by atoms with E-state index in [-0.39, 0.29) is 6.71 Å². The number of pyridine rings is 1. The van der Waals surface area contributed by atoms with E-state index in [1.807, 2.05) is 23.7 Å². The fourth-order valence-corrected chi connectivity index (χ4v) is 8.57. The van der Waals surface area contributed by atoms with Crippen molar-refractivity contribution in [1.82, 2.24) is 4.98 Å². The Balaban J connectivity index is 1.15. The highest BCUT2D eigenvalue weighted by Gasteiger charge is 2.41. The Morgan fingerprint density at radius 3 is 2.13 bits per heavy atom. The number of hydrogen-bond acceptors (Lipinski definition) is 5. The molecule has 0 amide bonds. The van der Waals surface area contributed by atoms with Gasteiger partial charge in [-0.2, -0.15) is 0 Å². The maximum Gasteiger partial charge on any atom is 0.256 e. The van der Waals surface area contributed by atoms with Crippen LogP contribution in [0.3, 0.4) is 0 Å². The first-order valence-electron chi connectivity index (χ1n) is 15.8. The predicted molar refractivity (Wildman–Crippen MR) is 198 cm³/mol. The summed E-state index contributed by atoms with van der Waals surface area (Å²) in [6, 6.07) is 52.0. The minimum absolute atomic E-state index is 0.0755. The van der Waals surface area contributed by atoms with Crippen LogP contribution in [0.2, 0.25) is 0 Å². The zero-order chi connectivity index (χ0) is 30.9. The molecule has 0 aliphatic carbocycles. The van der Waals surface area contributed by atoms with E-state index >= 15 is 0 Å². The molecule has 10 rings (SSSR count). The second-order valence-corrected chi connectivity index (χ2v) is 13.1. The number of hydrogen-bond donors (Lipinski definition) is 0. The van der Waals surface area contributed by atoms with Crippen molar-refractivity contribution in [3.63, 3.8) is 0 Å². The van der Waals surface area contributed by atoms with E-state index in [9.17, 15) is 0 Å². The molecule has 0 unspecified atom stereocenters. The van der Waals surface area contributed by atoms with Crippen molar-refractivity contribution >= 4 is 88.7 Å². The zero-order valence-electron chi connectivity index (χ0n) is 25.2. The second-order valence-electron chi connectivity index (χ2n) is 12.0. The molecule has 2 aliphatic rings. The van der Waals surface area contributed by atoms with Crippen molar-refractivity contribution in [1.29, 1.82) is 0 Å². The Bertz CT molecular complexity index is 2430. The van der Waals surface area contributed by atoms with Crippen molar-refractivity contribution in [2.45, 2.75) is 0 Å². The molecule has 4 nitrogen and oxygen atoms in total. The summed E-state index contributed by atoms with van der Waals surface area (Å²) in [5.74, 6) is 1.86. The van der Waals surface area contributed by atoms with Crippen LogP contribution in [0.25, 0.3) is 20.2 Å². The highest BCUT2D eigenvalue weighted by molar-refractivity contribution is 7.26. The van der Waals surface area contributed by atoms with Crippen molar-refractivity contribution in [3.05, 3.63) is 158 Å². The first kappa shape index (κ1) is 26.4. The average molecular weight is 620 g/mol. The van der Waals surface area contributed by atoms with Gasteiger partial charge in [-0.3, -0.25) is 4.98 Å². The van der Waals surface area contributed by atoms with Gasteiger partial charge >= 0.3 is 0 Å². The lowest BCUT2D eigenvalue weighted by Crippen LogP contribution is -2.59. The smallest absolute Gasteiger partial charge is 0.256 e. The van der Waals surface area contributed by atoms with Gasteiger partial charge in [0.15, 0.2) is 0 Å². The lowest BCUT2D eigenvalue weighted by atomic mass is 9.34. The molecule has 0 fully saturated rings. The molecule has 47 heavy (non-hydrogen) atoms. The molecule has 0 atom stereocenters. The van der Waals surface area contributed by atoms with E-state index in [0.29, 0.717) is 0 Å². The molecule has 8 aromatic rings. The SMILES string of the molecule is c1ccc(N(c2ccncc2)c2ccc3c(c2)sc2cc4c(cc23)Oc2cccc3c2B4c2ccccc2N3c2ccccc2)cc1. The number of rotatable bonds is 4. The molecule has 0 saturated heterocycles. The van der Waals surface area contributed by atoms with Crippen molar-refractivity contribution in [2.75, 3.05) is 9.80 Å². The Labute approximate surface area is 276 Å². The summed E-state index contributed by atoms with van der Waals surface area (Å²) in [7, 11) is 0. The van der Waals surface area contributed by atoms with E-state index in [0.717, 1.165) is 34.2 Å². The van der Waals surface area contributed by atoms with E-state index in [2.05, 4.69) is 160 Å². The number of ether oxygens (including phenoxy) is 1. The van der Waals surface area contributed by atoms with Crippen LogP contribution in [-0.4, -0.2) is 11.7 Å². The van der Waals surface area contributed by atoms with Crippen LogP contribution in [0.1, 0.15) is 0 Å². The third-order valence-corrected chi connectivity index (χ3v) is 10.5. The molecule has 6 heteroatoms. The molecule has 2 aromatic heterocycles. The molecular weight excluding hydrogens is 593 g/mol. The average Bonchev–Trinajstić information content (AvgIpc) is 3.48. The minimum atomic E-state index is 0.0755. The highest BCUT2D eigenvalue weighted by atomic mass is 32.1.